The maximum absolute atomic E-state index is 12.3. The number of nitrogens with one attached hydrogen (secondary N) is 1. The van der Waals surface area contributed by atoms with Crippen molar-refractivity contribution < 1.29 is 4.79 Å². The Bertz CT molecular complexity index is 605. The molecule has 3 rings (SSSR count). The van der Waals surface area contributed by atoms with Gasteiger partial charge in [-0.2, -0.15) is 5.10 Å². The van der Waals surface area contributed by atoms with Crippen LogP contribution < -0.4 is 5.32 Å². The SMILES string of the molecule is CN=C(NCc1ncnn1C)N1CCN(CC(=O)N2CCCC2)CC1.I. The molecule has 0 aromatic carbocycles. The number of aryl methyl sites for hydroxylation is 1. The monoisotopic (exact) mass is 476 g/mol. The van der Waals surface area contributed by atoms with Crippen molar-refractivity contribution in [2.45, 2.75) is 19.4 Å². The third-order valence-corrected chi connectivity index (χ3v) is 4.91. The Labute approximate surface area is 171 Å². The van der Waals surface area contributed by atoms with Crippen LogP contribution in [0.4, 0.5) is 0 Å². The number of guanidine groups is 1. The summed E-state index contributed by atoms with van der Waals surface area (Å²) in [5, 5.41) is 7.41. The summed E-state index contributed by atoms with van der Waals surface area (Å²) in [6.07, 6.45) is 3.84. The van der Waals surface area contributed by atoms with Crippen molar-refractivity contribution in [2.75, 3.05) is 52.9 Å². The third-order valence-electron chi connectivity index (χ3n) is 4.91. The number of rotatable bonds is 4. The van der Waals surface area contributed by atoms with Gasteiger partial charge in [0.2, 0.25) is 5.91 Å². The van der Waals surface area contributed by atoms with Crippen molar-refractivity contribution in [3.63, 3.8) is 0 Å². The van der Waals surface area contributed by atoms with Gasteiger partial charge in [-0.05, 0) is 12.8 Å². The first-order valence-corrected chi connectivity index (χ1v) is 8.96. The summed E-state index contributed by atoms with van der Waals surface area (Å²) in [5.41, 5.74) is 0. The van der Waals surface area contributed by atoms with Crippen LogP contribution in [0.1, 0.15) is 18.7 Å². The molecule has 1 aromatic rings. The van der Waals surface area contributed by atoms with Gasteiger partial charge < -0.3 is 15.1 Å². The lowest BCUT2D eigenvalue weighted by Gasteiger charge is -2.36. The van der Waals surface area contributed by atoms with E-state index in [2.05, 4.69) is 30.2 Å². The van der Waals surface area contributed by atoms with Crippen LogP contribution in [0.5, 0.6) is 0 Å². The fourth-order valence-electron chi connectivity index (χ4n) is 3.35. The number of nitrogens with zero attached hydrogens (tertiary/aromatic N) is 7. The molecular formula is C16H29IN8O. The van der Waals surface area contributed by atoms with E-state index in [1.165, 1.54) is 0 Å². The summed E-state index contributed by atoms with van der Waals surface area (Å²) >= 11 is 0. The van der Waals surface area contributed by atoms with E-state index in [0.29, 0.717) is 13.1 Å². The van der Waals surface area contributed by atoms with Gasteiger partial charge in [0.15, 0.2) is 5.96 Å². The van der Waals surface area contributed by atoms with E-state index in [4.69, 9.17) is 0 Å². The van der Waals surface area contributed by atoms with Crippen molar-refractivity contribution >= 4 is 35.8 Å². The Hall–Kier alpha value is -1.43. The summed E-state index contributed by atoms with van der Waals surface area (Å²) in [6.45, 7) is 6.48. The van der Waals surface area contributed by atoms with Gasteiger partial charge in [-0.3, -0.25) is 19.4 Å². The van der Waals surface area contributed by atoms with Gasteiger partial charge in [0, 0.05) is 53.4 Å². The van der Waals surface area contributed by atoms with E-state index >= 15 is 0 Å². The van der Waals surface area contributed by atoms with Crippen LogP contribution in [-0.4, -0.2) is 94.2 Å². The maximum Gasteiger partial charge on any atom is 0.236 e. The smallest absolute Gasteiger partial charge is 0.236 e. The van der Waals surface area contributed by atoms with Crippen LogP contribution >= 0.6 is 24.0 Å². The molecule has 0 spiro atoms. The number of hydrogen-bond donors (Lipinski definition) is 1. The zero-order valence-electron chi connectivity index (χ0n) is 15.6. The van der Waals surface area contributed by atoms with Gasteiger partial charge in [0.05, 0.1) is 13.1 Å². The van der Waals surface area contributed by atoms with E-state index in [1.807, 2.05) is 11.9 Å². The maximum atomic E-state index is 12.3. The minimum atomic E-state index is 0. The predicted molar refractivity (Wildman–Crippen MR) is 110 cm³/mol. The molecule has 146 valence electrons. The second-order valence-corrected chi connectivity index (χ2v) is 6.55. The molecule has 0 radical (unpaired) electrons. The third kappa shape index (κ3) is 5.29. The summed E-state index contributed by atoms with van der Waals surface area (Å²) in [4.78, 5) is 27.3. The van der Waals surface area contributed by atoms with E-state index < -0.39 is 0 Å². The highest BCUT2D eigenvalue weighted by molar-refractivity contribution is 14.0. The van der Waals surface area contributed by atoms with Crippen LogP contribution in [0.2, 0.25) is 0 Å². The molecule has 0 saturated carbocycles. The molecule has 0 aliphatic carbocycles. The predicted octanol–water partition coefficient (Wildman–Crippen LogP) is -0.251. The fraction of sp³-hybridized carbons (Fsp3) is 0.750. The highest BCUT2D eigenvalue weighted by Gasteiger charge is 2.24. The lowest BCUT2D eigenvalue weighted by molar-refractivity contribution is -0.131. The molecule has 1 amide bonds. The number of aromatic nitrogens is 3. The molecular weight excluding hydrogens is 447 g/mol. The van der Waals surface area contributed by atoms with Crippen LogP contribution in [0, 0.1) is 0 Å². The van der Waals surface area contributed by atoms with Crippen LogP contribution in [0.25, 0.3) is 0 Å². The fourth-order valence-corrected chi connectivity index (χ4v) is 3.35. The van der Waals surface area contributed by atoms with Crippen molar-refractivity contribution in [3.05, 3.63) is 12.2 Å². The molecule has 0 unspecified atom stereocenters. The molecule has 3 heterocycles. The number of carbonyl (C=O) groups excluding carboxylic acids is 1. The number of piperazine rings is 1. The van der Waals surface area contributed by atoms with Gasteiger partial charge in [0.25, 0.3) is 0 Å². The molecule has 0 atom stereocenters. The van der Waals surface area contributed by atoms with Gasteiger partial charge in [0.1, 0.15) is 12.2 Å². The Morgan fingerprint density at radius 1 is 1.15 bits per heavy atom. The molecule has 2 fully saturated rings. The van der Waals surface area contributed by atoms with Gasteiger partial charge in [-0.25, -0.2) is 4.98 Å². The molecule has 9 nitrogen and oxygen atoms in total. The number of hydrogen-bond acceptors (Lipinski definition) is 5. The first kappa shape index (κ1) is 20.9. The second kappa shape index (κ2) is 10.0. The standard InChI is InChI=1S/C16H28N8O.HI/c1-17-16(18-11-14-19-13-20-21(14)2)24-9-7-22(8-10-24)12-15(25)23-5-3-4-6-23;/h13H,3-12H2,1-2H3,(H,17,18);1H. The number of carbonyl (C=O) groups is 1. The Balaban J connectivity index is 0.00000243. The average Bonchev–Trinajstić information content (AvgIpc) is 3.29. The lowest BCUT2D eigenvalue weighted by atomic mass is 10.3. The largest absolute Gasteiger partial charge is 0.349 e. The molecule has 1 aromatic heterocycles. The van der Waals surface area contributed by atoms with Crippen LogP contribution in [0.15, 0.2) is 11.3 Å². The number of likely N-dealkylation sites (tertiary alicyclic amines) is 1. The van der Waals surface area contributed by atoms with Gasteiger partial charge in [-0.15, -0.1) is 24.0 Å². The van der Waals surface area contributed by atoms with Crippen LogP contribution in [-0.2, 0) is 18.4 Å². The summed E-state index contributed by atoms with van der Waals surface area (Å²) in [7, 11) is 3.67. The minimum absolute atomic E-state index is 0. The summed E-state index contributed by atoms with van der Waals surface area (Å²) < 4.78 is 1.75. The van der Waals surface area contributed by atoms with Crippen LogP contribution in [0.3, 0.4) is 0 Å². The highest BCUT2D eigenvalue weighted by Crippen LogP contribution is 2.09. The Morgan fingerprint density at radius 2 is 1.85 bits per heavy atom. The molecule has 2 saturated heterocycles. The first-order valence-electron chi connectivity index (χ1n) is 8.96. The summed E-state index contributed by atoms with van der Waals surface area (Å²) in [5.74, 6) is 2.01. The minimum Gasteiger partial charge on any atom is -0.349 e. The second-order valence-electron chi connectivity index (χ2n) is 6.55. The molecule has 10 heteroatoms. The van der Waals surface area contributed by atoms with E-state index in [-0.39, 0.29) is 29.9 Å². The Kier molecular flexibility index (Phi) is 8.07. The zero-order valence-corrected chi connectivity index (χ0v) is 17.9. The zero-order chi connectivity index (χ0) is 17.6. The Morgan fingerprint density at radius 3 is 2.42 bits per heavy atom. The van der Waals surface area contributed by atoms with Crippen molar-refractivity contribution in [3.8, 4) is 0 Å². The number of amides is 1. The normalized spacial score (nSPS) is 18.8. The van der Waals surface area contributed by atoms with Crippen molar-refractivity contribution in [1.82, 2.24) is 34.8 Å². The molecule has 2 aliphatic heterocycles. The van der Waals surface area contributed by atoms with Crippen molar-refractivity contribution in [1.29, 1.82) is 0 Å². The van der Waals surface area contributed by atoms with E-state index in [9.17, 15) is 4.79 Å². The highest BCUT2D eigenvalue weighted by atomic mass is 127. The van der Waals surface area contributed by atoms with Gasteiger partial charge in [-0.1, -0.05) is 0 Å². The van der Waals surface area contributed by atoms with Crippen molar-refractivity contribution in [2.24, 2.45) is 12.0 Å². The average molecular weight is 476 g/mol. The molecule has 2 aliphatic rings. The van der Waals surface area contributed by atoms with E-state index in [1.54, 1.807) is 18.1 Å². The summed E-state index contributed by atoms with van der Waals surface area (Å²) in [6, 6.07) is 0. The number of aliphatic imine (C=N–C) groups is 1. The van der Waals surface area contributed by atoms with E-state index in [0.717, 1.165) is 63.9 Å². The van der Waals surface area contributed by atoms with Gasteiger partial charge >= 0.3 is 0 Å². The molecule has 0 bridgehead atoms. The lowest BCUT2D eigenvalue weighted by Crippen LogP contribution is -2.54. The first-order chi connectivity index (χ1) is 12.2. The molecule has 26 heavy (non-hydrogen) atoms. The quantitative estimate of drug-likeness (QED) is 0.367. The molecule has 1 N–H and O–H groups in total. The number of halogens is 1. The topological polar surface area (TPSA) is 81.9 Å².